The second-order valence-corrected chi connectivity index (χ2v) is 5.44. The zero-order valence-corrected chi connectivity index (χ0v) is 13.8. The van der Waals surface area contributed by atoms with Crippen molar-refractivity contribution >= 4 is 23.5 Å². The number of nitrogens with zero attached hydrogens (tertiary/aromatic N) is 2. The van der Waals surface area contributed by atoms with Crippen LogP contribution in [0.4, 0.5) is 9.18 Å². The second kappa shape index (κ2) is 8.58. The molecule has 0 radical (unpaired) electrons. The van der Waals surface area contributed by atoms with E-state index in [-0.39, 0.29) is 43.3 Å². The molecule has 1 aromatic rings. The van der Waals surface area contributed by atoms with Gasteiger partial charge in [0.15, 0.2) is 0 Å². The summed E-state index contributed by atoms with van der Waals surface area (Å²) in [5.74, 6) is -0.855. The molecule has 1 rings (SSSR count). The number of carbonyl (C=O) groups excluding carboxylic acids is 2. The van der Waals surface area contributed by atoms with Gasteiger partial charge in [-0.2, -0.15) is 0 Å². The summed E-state index contributed by atoms with van der Waals surface area (Å²) in [6, 6.07) is 4.49. The third-order valence-corrected chi connectivity index (χ3v) is 3.32. The first-order chi connectivity index (χ1) is 10.3. The molecule has 0 aliphatic carbocycles. The van der Waals surface area contributed by atoms with E-state index in [1.165, 1.54) is 15.9 Å². The summed E-state index contributed by atoms with van der Waals surface area (Å²) >= 11 is 5.60. The number of urea groups is 1. The van der Waals surface area contributed by atoms with Gasteiger partial charge in [-0.3, -0.25) is 4.79 Å². The normalized spacial score (nSPS) is 10.2. The summed E-state index contributed by atoms with van der Waals surface area (Å²) < 4.78 is 13.8. The van der Waals surface area contributed by atoms with Gasteiger partial charge in [-0.1, -0.05) is 17.7 Å². The van der Waals surface area contributed by atoms with Crippen LogP contribution in [0.2, 0.25) is 0 Å². The van der Waals surface area contributed by atoms with Gasteiger partial charge in [0.05, 0.1) is 0 Å². The number of hydrogen-bond acceptors (Lipinski definition) is 2. The van der Waals surface area contributed by atoms with E-state index in [9.17, 15) is 14.0 Å². The fraction of sp³-hybridized carbons (Fsp3) is 0.467. The average molecular weight is 330 g/mol. The number of nitrogens with one attached hydrogen (secondary N) is 1. The molecule has 0 saturated carbocycles. The Kier molecular flexibility index (Phi) is 7.11. The summed E-state index contributed by atoms with van der Waals surface area (Å²) in [7, 11) is 3.25. The highest BCUT2D eigenvalue weighted by atomic mass is 35.5. The molecular weight excluding hydrogens is 309 g/mol. The molecular formula is C15H21ClFN3O2. The van der Waals surface area contributed by atoms with Gasteiger partial charge in [0.2, 0.25) is 5.91 Å². The Morgan fingerprint density at radius 3 is 2.59 bits per heavy atom. The van der Waals surface area contributed by atoms with Crippen molar-refractivity contribution in [1.29, 1.82) is 0 Å². The Balaban J connectivity index is 2.71. The van der Waals surface area contributed by atoms with Gasteiger partial charge in [0.1, 0.15) is 11.7 Å². The molecule has 0 spiro atoms. The minimum atomic E-state index is -0.365. The van der Waals surface area contributed by atoms with E-state index < -0.39 is 0 Å². The van der Waals surface area contributed by atoms with Gasteiger partial charge >= 0.3 is 6.03 Å². The second-order valence-electron chi connectivity index (χ2n) is 5.17. The number of aryl methyl sites for hydroxylation is 1. The minimum absolute atomic E-state index is 0.122. The smallest absolute Gasteiger partial charge is 0.316 e. The summed E-state index contributed by atoms with van der Waals surface area (Å²) in [5.41, 5.74) is 1.34. The van der Waals surface area contributed by atoms with Crippen molar-refractivity contribution in [2.24, 2.45) is 0 Å². The van der Waals surface area contributed by atoms with Crippen LogP contribution < -0.4 is 5.32 Å². The minimum Gasteiger partial charge on any atom is -0.336 e. The van der Waals surface area contributed by atoms with Crippen LogP contribution in [0.25, 0.3) is 0 Å². The number of halogens is 2. The van der Waals surface area contributed by atoms with Crippen LogP contribution in [0.5, 0.6) is 0 Å². The average Bonchev–Trinajstić information content (AvgIpc) is 2.48. The van der Waals surface area contributed by atoms with Crippen LogP contribution in [0.15, 0.2) is 18.2 Å². The monoisotopic (exact) mass is 329 g/mol. The summed E-state index contributed by atoms with van der Waals surface area (Å²) in [5, 5.41) is 2.66. The molecule has 0 aliphatic rings. The Morgan fingerprint density at radius 2 is 2.00 bits per heavy atom. The van der Waals surface area contributed by atoms with E-state index in [4.69, 9.17) is 11.6 Å². The lowest BCUT2D eigenvalue weighted by Crippen LogP contribution is -2.41. The van der Waals surface area contributed by atoms with Crippen LogP contribution in [-0.4, -0.2) is 54.8 Å². The molecule has 0 saturated heterocycles. The molecule has 5 nitrogen and oxygen atoms in total. The Morgan fingerprint density at radius 1 is 1.32 bits per heavy atom. The third-order valence-electron chi connectivity index (χ3n) is 3.09. The van der Waals surface area contributed by atoms with Crippen molar-refractivity contribution < 1.29 is 14.0 Å². The number of hydrogen-bond donors (Lipinski definition) is 1. The zero-order chi connectivity index (χ0) is 16.7. The standard InChI is InChI=1S/C15H21ClFN3O2/c1-11-4-5-13(17)12(8-11)10-20(14(21)9-16)7-6-18-15(22)19(2)3/h4-5,8H,6-7,9-10H2,1-3H3,(H,18,22). The van der Waals surface area contributed by atoms with E-state index in [0.717, 1.165) is 5.56 Å². The first-order valence-corrected chi connectivity index (χ1v) is 7.42. The SMILES string of the molecule is Cc1ccc(F)c(CN(CCNC(=O)N(C)C)C(=O)CCl)c1. The van der Waals surface area contributed by atoms with Crippen molar-refractivity contribution in [3.8, 4) is 0 Å². The van der Waals surface area contributed by atoms with Gasteiger partial charge in [-0.05, 0) is 13.0 Å². The fourth-order valence-electron chi connectivity index (χ4n) is 1.86. The van der Waals surface area contributed by atoms with E-state index >= 15 is 0 Å². The zero-order valence-electron chi connectivity index (χ0n) is 13.0. The fourth-order valence-corrected chi connectivity index (χ4v) is 2.03. The highest BCUT2D eigenvalue weighted by Gasteiger charge is 2.15. The molecule has 7 heteroatoms. The molecule has 3 amide bonds. The lowest BCUT2D eigenvalue weighted by Gasteiger charge is -2.23. The molecule has 0 heterocycles. The maximum absolute atomic E-state index is 13.8. The van der Waals surface area contributed by atoms with E-state index in [2.05, 4.69) is 5.32 Å². The first-order valence-electron chi connectivity index (χ1n) is 6.89. The van der Waals surface area contributed by atoms with Crippen molar-refractivity contribution in [1.82, 2.24) is 15.1 Å². The lowest BCUT2D eigenvalue weighted by atomic mass is 10.1. The quantitative estimate of drug-likeness (QED) is 0.811. The number of rotatable bonds is 6. The highest BCUT2D eigenvalue weighted by Crippen LogP contribution is 2.13. The molecule has 0 aliphatic heterocycles. The summed E-state index contributed by atoms with van der Waals surface area (Å²) in [6.45, 7) is 2.51. The molecule has 1 N–H and O–H groups in total. The van der Waals surface area contributed by atoms with Crippen LogP contribution in [0.3, 0.4) is 0 Å². The number of benzene rings is 1. The van der Waals surface area contributed by atoms with E-state index in [1.807, 2.05) is 6.92 Å². The van der Waals surface area contributed by atoms with E-state index in [1.54, 1.807) is 26.2 Å². The van der Waals surface area contributed by atoms with Crippen molar-refractivity contribution in [2.45, 2.75) is 13.5 Å². The van der Waals surface area contributed by atoms with Crippen LogP contribution >= 0.6 is 11.6 Å². The molecule has 122 valence electrons. The number of amides is 3. The van der Waals surface area contributed by atoms with Crippen LogP contribution in [0.1, 0.15) is 11.1 Å². The predicted octanol–water partition coefficient (Wildman–Crippen LogP) is 1.97. The molecule has 0 aromatic heterocycles. The van der Waals surface area contributed by atoms with Crippen molar-refractivity contribution in [2.75, 3.05) is 33.1 Å². The largest absolute Gasteiger partial charge is 0.336 e. The van der Waals surface area contributed by atoms with E-state index in [0.29, 0.717) is 5.56 Å². The predicted molar refractivity (Wildman–Crippen MR) is 84.4 cm³/mol. The Labute approximate surface area is 135 Å². The number of carbonyl (C=O) groups is 2. The molecule has 0 fully saturated rings. The maximum Gasteiger partial charge on any atom is 0.316 e. The maximum atomic E-state index is 13.8. The highest BCUT2D eigenvalue weighted by molar-refractivity contribution is 6.27. The molecule has 22 heavy (non-hydrogen) atoms. The van der Waals surface area contributed by atoms with Crippen LogP contribution in [-0.2, 0) is 11.3 Å². The first kappa shape index (κ1) is 18.2. The topological polar surface area (TPSA) is 52.7 Å². The van der Waals surface area contributed by atoms with Gasteiger partial charge in [0.25, 0.3) is 0 Å². The Hall–Kier alpha value is -1.82. The molecule has 1 aromatic carbocycles. The van der Waals surface area contributed by atoms with Gasteiger partial charge < -0.3 is 15.1 Å². The van der Waals surface area contributed by atoms with Crippen LogP contribution in [0, 0.1) is 12.7 Å². The summed E-state index contributed by atoms with van der Waals surface area (Å²) in [4.78, 5) is 26.1. The van der Waals surface area contributed by atoms with Crippen molar-refractivity contribution in [3.63, 3.8) is 0 Å². The third kappa shape index (κ3) is 5.52. The van der Waals surface area contributed by atoms with Gasteiger partial charge in [0, 0.05) is 39.3 Å². The number of alkyl halides is 1. The van der Waals surface area contributed by atoms with Crippen molar-refractivity contribution in [3.05, 3.63) is 35.1 Å². The lowest BCUT2D eigenvalue weighted by molar-refractivity contribution is -0.129. The summed E-state index contributed by atoms with van der Waals surface area (Å²) in [6.07, 6.45) is 0. The Bertz CT molecular complexity index is 538. The van der Waals surface area contributed by atoms with Gasteiger partial charge in [-0.15, -0.1) is 11.6 Å². The molecule has 0 bridgehead atoms. The molecule has 0 atom stereocenters. The molecule has 0 unspecified atom stereocenters. The van der Waals surface area contributed by atoms with Gasteiger partial charge in [-0.25, -0.2) is 9.18 Å².